The summed E-state index contributed by atoms with van der Waals surface area (Å²) < 4.78 is 47.4. The fourth-order valence-electron chi connectivity index (χ4n) is 3.40. The van der Waals surface area contributed by atoms with Gasteiger partial charge in [-0.1, -0.05) is 78.9 Å². The average molecular weight is 436 g/mol. The summed E-state index contributed by atoms with van der Waals surface area (Å²) in [6, 6.07) is 25.4. The van der Waals surface area contributed by atoms with Crippen LogP contribution in [-0.2, 0) is 4.74 Å². The molecule has 0 fully saturated rings. The van der Waals surface area contributed by atoms with E-state index in [2.05, 4.69) is 5.10 Å². The zero-order valence-corrected chi connectivity index (χ0v) is 16.8. The molecule has 0 spiro atoms. The number of hydrogen-bond acceptors (Lipinski definition) is 4. The van der Waals surface area contributed by atoms with Crippen molar-refractivity contribution in [2.24, 2.45) is 11.0 Å². The van der Waals surface area contributed by atoms with E-state index in [4.69, 9.17) is 4.74 Å². The van der Waals surface area contributed by atoms with Gasteiger partial charge in [-0.2, -0.15) is 18.3 Å². The molecular formula is C25H19F3N2O2. The van der Waals surface area contributed by atoms with E-state index < -0.39 is 30.0 Å². The lowest BCUT2D eigenvalue weighted by Crippen LogP contribution is -2.39. The molecule has 2 unspecified atom stereocenters. The lowest BCUT2D eigenvalue weighted by molar-refractivity contribution is -0.0631. The van der Waals surface area contributed by atoms with Crippen LogP contribution in [0.25, 0.3) is 6.08 Å². The summed E-state index contributed by atoms with van der Waals surface area (Å²) in [5.74, 6) is -2.05. The smallest absolute Gasteiger partial charge is 0.432 e. The molecule has 4 nitrogen and oxygen atoms in total. The van der Waals surface area contributed by atoms with Crippen LogP contribution in [0.2, 0.25) is 0 Å². The number of halogens is 3. The Morgan fingerprint density at radius 3 is 2.03 bits per heavy atom. The molecule has 3 aromatic rings. The van der Waals surface area contributed by atoms with E-state index in [1.54, 1.807) is 91.0 Å². The Labute approximate surface area is 183 Å². The fourth-order valence-corrected chi connectivity index (χ4v) is 3.40. The van der Waals surface area contributed by atoms with E-state index in [9.17, 15) is 18.0 Å². The molecule has 3 aromatic carbocycles. The summed E-state index contributed by atoms with van der Waals surface area (Å²) in [4.78, 5) is 12.7. The molecule has 0 radical (unpaired) electrons. The van der Waals surface area contributed by atoms with Crippen molar-refractivity contribution in [3.63, 3.8) is 0 Å². The van der Waals surface area contributed by atoms with Crippen molar-refractivity contribution in [1.29, 1.82) is 0 Å². The van der Waals surface area contributed by atoms with Crippen molar-refractivity contribution in [2.75, 3.05) is 5.01 Å². The maximum Gasteiger partial charge on any atom is 0.432 e. The largest absolute Gasteiger partial charge is 0.435 e. The van der Waals surface area contributed by atoms with Crippen LogP contribution in [0, 0.1) is 5.92 Å². The molecule has 4 rings (SSSR count). The minimum absolute atomic E-state index is 0.242. The van der Waals surface area contributed by atoms with Crippen molar-refractivity contribution < 1.29 is 22.7 Å². The molecule has 0 amide bonds. The van der Waals surface area contributed by atoms with Crippen molar-refractivity contribution >= 4 is 23.4 Å². The fraction of sp³-hybridized carbons (Fsp3) is 0.120. The van der Waals surface area contributed by atoms with Gasteiger partial charge in [-0.3, -0.25) is 0 Å². The Morgan fingerprint density at radius 1 is 0.875 bits per heavy atom. The molecule has 32 heavy (non-hydrogen) atoms. The number of hydrazone groups is 1. The van der Waals surface area contributed by atoms with Gasteiger partial charge in [0.2, 0.25) is 6.23 Å². The number of carbonyl (C=O) groups excluding carboxylic acids is 1. The zero-order valence-electron chi connectivity index (χ0n) is 16.8. The Bertz CT molecular complexity index is 1110. The lowest BCUT2D eigenvalue weighted by atomic mass is 9.99. The molecule has 0 aromatic heterocycles. The lowest BCUT2D eigenvalue weighted by Gasteiger charge is -2.26. The van der Waals surface area contributed by atoms with Gasteiger partial charge in [0.1, 0.15) is 0 Å². The number of esters is 1. The van der Waals surface area contributed by atoms with Gasteiger partial charge in [0, 0.05) is 0 Å². The summed E-state index contributed by atoms with van der Waals surface area (Å²) in [6.07, 6.45) is -3.05. The first kappa shape index (κ1) is 21.4. The van der Waals surface area contributed by atoms with E-state index in [0.717, 1.165) is 10.6 Å². The van der Waals surface area contributed by atoms with Crippen LogP contribution in [0.4, 0.5) is 18.9 Å². The second-order valence-electron chi connectivity index (χ2n) is 7.12. The second kappa shape index (κ2) is 9.09. The highest BCUT2D eigenvalue weighted by Crippen LogP contribution is 2.37. The molecule has 0 N–H and O–H groups in total. The first-order chi connectivity index (χ1) is 15.4. The monoisotopic (exact) mass is 436 g/mol. The Kier molecular flexibility index (Phi) is 6.07. The molecule has 0 bridgehead atoms. The number of rotatable bonds is 5. The van der Waals surface area contributed by atoms with Gasteiger partial charge in [-0.25, -0.2) is 9.80 Å². The van der Waals surface area contributed by atoms with Crippen LogP contribution in [0.15, 0.2) is 102 Å². The molecule has 1 aliphatic heterocycles. The van der Waals surface area contributed by atoms with Crippen LogP contribution >= 0.6 is 0 Å². The molecule has 1 aliphatic rings. The van der Waals surface area contributed by atoms with Crippen LogP contribution in [0.1, 0.15) is 15.9 Å². The third-order valence-electron chi connectivity index (χ3n) is 4.92. The third kappa shape index (κ3) is 4.72. The molecule has 162 valence electrons. The molecular weight excluding hydrogens is 417 g/mol. The maximum absolute atomic E-state index is 13.9. The minimum atomic E-state index is -4.70. The van der Waals surface area contributed by atoms with Gasteiger partial charge in [-0.15, -0.1) is 0 Å². The number of nitrogens with zero attached hydrogens (tertiary/aromatic N) is 2. The average Bonchev–Trinajstić information content (AvgIpc) is 3.18. The predicted octanol–water partition coefficient (Wildman–Crippen LogP) is 5.94. The van der Waals surface area contributed by atoms with Crippen molar-refractivity contribution in [3.8, 4) is 0 Å². The highest BCUT2D eigenvalue weighted by molar-refractivity contribution is 5.98. The number of alkyl halides is 3. The number of hydrogen-bond donors (Lipinski definition) is 0. The standard InChI is InChI=1S/C25H19F3N2O2/c26-25(27,28)22-21(17-16-18-10-4-1-5-11-18)23(30(29-22)20-14-8-3-9-15-20)32-24(31)19-12-6-2-7-13-19/h1-17,21,23H. The number of carbonyl (C=O) groups is 1. The van der Waals surface area contributed by atoms with Gasteiger partial charge in [0.15, 0.2) is 5.71 Å². The van der Waals surface area contributed by atoms with Gasteiger partial charge in [-0.05, 0) is 29.8 Å². The van der Waals surface area contributed by atoms with Crippen molar-refractivity contribution in [1.82, 2.24) is 0 Å². The van der Waals surface area contributed by atoms with E-state index in [1.165, 1.54) is 6.08 Å². The summed E-state index contributed by atoms with van der Waals surface area (Å²) in [5, 5.41) is 4.96. The number of para-hydroxylation sites is 1. The van der Waals surface area contributed by atoms with Crippen LogP contribution < -0.4 is 5.01 Å². The minimum Gasteiger partial charge on any atom is -0.435 e. The molecule has 1 heterocycles. The van der Waals surface area contributed by atoms with E-state index in [1.807, 2.05) is 6.07 Å². The highest BCUT2D eigenvalue weighted by Gasteiger charge is 2.51. The first-order valence-corrected chi connectivity index (χ1v) is 9.93. The quantitative estimate of drug-likeness (QED) is 0.465. The number of anilines is 1. The molecule has 0 aliphatic carbocycles. The molecule has 0 saturated heterocycles. The molecule has 2 atom stereocenters. The predicted molar refractivity (Wildman–Crippen MR) is 117 cm³/mol. The van der Waals surface area contributed by atoms with Crippen LogP contribution in [-0.4, -0.2) is 24.1 Å². The van der Waals surface area contributed by atoms with Gasteiger partial charge in [0.05, 0.1) is 17.2 Å². The van der Waals surface area contributed by atoms with Gasteiger partial charge in [0.25, 0.3) is 0 Å². The Hall–Kier alpha value is -3.87. The van der Waals surface area contributed by atoms with Gasteiger partial charge < -0.3 is 4.74 Å². The molecule has 7 heteroatoms. The topological polar surface area (TPSA) is 41.9 Å². The summed E-state index contributed by atoms with van der Waals surface area (Å²) >= 11 is 0. The van der Waals surface area contributed by atoms with Crippen LogP contribution in [0.3, 0.4) is 0 Å². The molecule has 0 saturated carbocycles. The van der Waals surface area contributed by atoms with E-state index >= 15 is 0 Å². The first-order valence-electron chi connectivity index (χ1n) is 9.93. The van der Waals surface area contributed by atoms with E-state index in [-0.39, 0.29) is 5.56 Å². The van der Waals surface area contributed by atoms with Gasteiger partial charge >= 0.3 is 12.1 Å². The summed E-state index contributed by atoms with van der Waals surface area (Å²) in [6.45, 7) is 0. The summed E-state index contributed by atoms with van der Waals surface area (Å²) in [5.41, 5.74) is 0.321. The van der Waals surface area contributed by atoms with E-state index in [0.29, 0.717) is 5.69 Å². The number of benzene rings is 3. The Balaban J connectivity index is 1.74. The van der Waals surface area contributed by atoms with Crippen LogP contribution in [0.5, 0.6) is 0 Å². The zero-order chi connectivity index (χ0) is 22.6. The van der Waals surface area contributed by atoms with Crippen molar-refractivity contribution in [3.05, 3.63) is 108 Å². The normalized spacial score (nSPS) is 18.6. The van der Waals surface area contributed by atoms with Crippen molar-refractivity contribution in [2.45, 2.75) is 12.4 Å². The SMILES string of the molecule is O=C(OC1C(C=Cc2ccccc2)C(C(F)(F)F)=NN1c1ccccc1)c1ccccc1. The summed E-state index contributed by atoms with van der Waals surface area (Å²) in [7, 11) is 0. The third-order valence-corrected chi connectivity index (χ3v) is 4.92. The highest BCUT2D eigenvalue weighted by atomic mass is 19.4. The Morgan fingerprint density at radius 2 is 1.44 bits per heavy atom. The number of ether oxygens (including phenoxy) is 1. The second-order valence-corrected chi connectivity index (χ2v) is 7.12. The maximum atomic E-state index is 13.9.